The summed E-state index contributed by atoms with van der Waals surface area (Å²) >= 11 is 3.73. The summed E-state index contributed by atoms with van der Waals surface area (Å²) < 4.78 is 3.29. The first-order chi connectivity index (χ1) is 17.5. The molecule has 178 valence electrons. The zero-order chi connectivity index (χ0) is 24.8. The van der Waals surface area contributed by atoms with Gasteiger partial charge in [0.1, 0.15) is 11.3 Å². The van der Waals surface area contributed by atoms with Gasteiger partial charge in [0, 0.05) is 16.6 Å². The van der Waals surface area contributed by atoms with Gasteiger partial charge < -0.3 is 4.57 Å². The van der Waals surface area contributed by atoms with Crippen molar-refractivity contribution in [2.24, 2.45) is 0 Å². The number of hydrogen-bond acceptors (Lipinski definition) is 5. The van der Waals surface area contributed by atoms with E-state index in [-0.39, 0.29) is 0 Å². The smallest absolute Gasteiger partial charge is 0.172 e. The number of aromatic amines is 1. The Morgan fingerprint density at radius 2 is 1.92 bits per heavy atom. The molecule has 0 radical (unpaired) electrons. The highest BCUT2D eigenvalue weighted by Crippen LogP contribution is 2.38. The van der Waals surface area contributed by atoms with Gasteiger partial charge in [0.15, 0.2) is 11.5 Å². The number of nitrogens with zero attached hydrogens (tertiary/aromatic N) is 6. The molecule has 8 heteroatoms. The molecule has 0 aliphatic heterocycles. The summed E-state index contributed by atoms with van der Waals surface area (Å²) in [6.07, 6.45) is 7.20. The first kappa shape index (κ1) is 22.5. The second-order valence-electron chi connectivity index (χ2n) is 9.02. The highest BCUT2D eigenvalue weighted by molar-refractivity contribution is 9.10. The van der Waals surface area contributed by atoms with E-state index in [0.29, 0.717) is 12.4 Å². The summed E-state index contributed by atoms with van der Waals surface area (Å²) in [5.41, 5.74) is 10.9. The topological polar surface area (TPSA) is 85.2 Å². The Balaban J connectivity index is 1.49. The van der Waals surface area contributed by atoms with Gasteiger partial charge in [-0.3, -0.25) is 0 Å². The van der Waals surface area contributed by atoms with E-state index in [0.717, 1.165) is 67.0 Å². The van der Waals surface area contributed by atoms with Gasteiger partial charge in [0.05, 0.1) is 6.54 Å². The van der Waals surface area contributed by atoms with Crippen molar-refractivity contribution in [2.75, 3.05) is 0 Å². The molecule has 3 aromatic heterocycles. The lowest BCUT2D eigenvalue weighted by molar-refractivity contribution is 0.745. The lowest BCUT2D eigenvalue weighted by Gasteiger charge is -2.14. The van der Waals surface area contributed by atoms with E-state index in [1.165, 1.54) is 5.56 Å². The second-order valence-corrected chi connectivity index (χ2v) is 9.88. The highest BCUT2D eigenvalue weighted by atomic mass is 79.9. The van der Waals surface area contributed by atoms with Gasteiger partial charge in [-0.15, -0.1) is 5.10 Å². The molecule has 1 N–H and O–H groups in total. The first-order valence-electron chi connectivity index (χ1n) is 11.9. The Morgan fingerprint density at radius 1 is 1.03 bits per heavy atom. The number of pyridine rings is 1. The molecule has 0 saturated carbocycles. The van der Waals surface area contributed by atoms with E-state index < -0.39 is 0 Å². The molecule has 0 atom stereocenters. The predicted molar refractivity (Wildman–Crippen MR) is 146 cm³/mol. The Kier molecular flexibility index (Phi) is 5.60. The molecule has 0 saturated heterocycles. The number of fused-ring (bicyclic) bond motifs is 3. The van der Waals surface area contributed by atoms with E-state index in [2.05, 4.69) is 110 Å². The van der Waals surface area contributed by atoms with Gasteiger partial charge in [-0.2, -0.15) is 0 Å². The normalized spacial score (nSPS) is 13.7. The molecule has 0 unspecified atom stereocenters. The number of aromatic nitrogens is 7. The van der Waals surface area contributed by atoms with Crippen LogP contribution in [0.5, 0.6) is 0 Å². The monoisotopic (exact) mass is 537 g/mol. The lowest BCUT2D eigenvalue weighted by Crippen LogP contribution is -2.06. The SMILES string of the molecule is CCc1nc2c(C)cc(C)nc2n1Cc1ccc2c(c1)C=Cc1c(Br)cccc1/C2=C/c1nnn[nH]1. The summed E-state index contributed by atoms with van der Waals surface area (Å²) in [5, 5.41) is 14.4. The molecule has 1 aliphatic carbocycles. The van der Waals surface area contributed by atoms with Gasteiger partial charge in [0.2, 0.25) is 0 Å². The third-order valence-corrected chi connectivity index (χ3v) is 7.27. The Bertz CT molecular complexity index is 1680. The Morgan fingerprint density at radius 3 is 2.72 bits per heavy atom. The minimum atomic E-state index is 0.613. The lowest BCUT2D eigenvalue weighted by atomic mass is 9.92. The van der Waals surface area contributed by atoms with E-state index in [4.69, 9.17) is 9.97 Å². The second kappa shape index (κ2) is 8.95. The maximum Gasteiger partial charge on any atom is 0.172 e. The van der Waals surface area contributed by atoms with Gasteiger partial charge >= 0.3 is 0 Å². The van der Waals surface area contributed by atoms with Crippen LogP contribution in [-0.2, 0) is 13.0 Å². The molecule has 0 fully saturated rings. The van der Waals surface area contributed by atoms with Gasteiger partial charge in [-0.05, 0) is 87.5 Å². The van der Waals surface area contributed by atoms with E-state index in [1.54, 1.807) is 0 Å². The van der Waals surface area contributed by atoms with Crippen LogP contribution < -0.4 is 0 Å². The highest BCUT2D eigenvalue weighted by Gasteiger charge is 2.19. The van der Waals surface area contributed by atoms with Crippen LogP contribution in [0, 0.1) is 13.8 Å². The molecular weight excluding hydrogens is 514 g/mol. The summed E-state index contributed by atoms with van der Waals surface area (Å²) in [5.74, 6) is 1.66. The van der Waals surface area contributed by atoms with Crippen molar-refractivity contribution in [1.82, 2.24) is 35.2 Å². The largest absolute Gasteiger partial charge is 0.308 e. The summed E-state index contributed by atoms with van der Waals surface area (Å²) in [6, 6.07) is 15.0. The molecule has 1 aliphatic rings. The average Bonchev–Trinajstić information content (AvgIpc) is 3.46. The van der Waals surface area contributed by atoms with Crippen molar-refractivity contribution in [3.8, 4) is 0 Å². The van der Waals surface area contributed by atoms with Crippen molar-refractivity contribution in [1.29, 1.82) is 0 Å². The molecule has 0 amide bonds. The summed E-state index contributed by atoms with van der Waals surface area (Å²) in [7, 11) is 0. The number of imidazole rings is 1. The standard InChI is InChI=1S/C28H24BrN7/c1-4-26-31-27-16(2)12-17(3)30-28(27)36(26)15-18-8-10-20-19(13-18)9-11-22-21(6-5-7-24(22)29)23(20)14-25-32-34-35-33-25/h5-14H,4,15H2,1-3H3,(H,32,33,34,35)/b23-14+. The number of halogens is 1. The van der Waals surface area contributed by atoms with Crippen LogP contribution in [0.15, 0.2) is 46.9 Å². The number of H-pyrrole nitrogens is 1. The van der Waals surface area contributed by atoms with Gasteiger partial charge in [-0.1, -0.05) is 59.3 Å². The van der Waals surface area contributed by atoms with Crippen LogP contribution in [0.2, 0.25) is 0 Å². The van der Waals surface area contributed by atoms with Crippen molar-refractivity contribution in [3.63, 3.8) is 0 Å². The molecule has 2 aromatic carbocycles. The molecule has 7 nitrogen and oxygen atoms in total. The van der Waals surface area contributed by atoms with Crippen LogP contribution in [-0.4, -0.2) is 35.2 Å². The zero-order valence-electron chi connectivity index (χ0n) is 20.2. The number of aryl methyl sites for hydroxylation is 3. The van der Waals surface area contributed by atoms with Crippen LogP contribution in [0.4, 0.5) is 0 Å². The third-order valence-electron chi connectivity index (χ3n) is 6.58. The molecule has 3 heterocycles. The maximum atomic E-state index is 4.91. The molecule has 0 bridgehead atoms. The number of rotatable bonds is 4. The third kappa shape index (κ3) is 3.87. The molecule has 5 aromatic rings. The van der Waals surface area contributed by atoms with Gasteiger partial charge in [0.25, 0.3) is 0 Å². The zero-order valence-corrected chi connectivity index (χ0v) is 21.8. The average molecular weight is 538 g/mol. The quantitative estimate of drug-likeness (QED) is 0.297. The minimum absolute atomic E-state index is 0.613. The van der Waals surface area contributed by atoms with E-state index in [9.17, 15) is 0 Å². The Hall–Kier alpha value is -3.91. The fourth-order valence-corrected chi connectivity index (χ4v) is 5.44. The van der Waals surface area contributed by atoms with E-state index >= 15 is 0 Å². The minimum Gasteiger partial charge on any atom is -0.308 e. The number of tetrazole rings is 1. The van der Waals surface area contributed by atoms with Crippen LogP contribution in [0.25, 0.3) is 35.0 Å². The maximum absolute atomic E-state index is 4.91. The fraction of sp³-hybridized carbons (Fsp3) is 0.179. The number of hydrogen-bond donors (Lipinski definition) is 1. The van der Waals surface area contributed by atoms with Crippen molar-refractivity contribution in [3.05, 3.63) is 97.7 Å². The van der Waals surface area contributed by atoms with Crippen molar-refractivity contribution < 1.29 is 0 Å². The van der Waals surface area contributed by atoms with Crippen LogP contribution >= 0.6 is 15.9 Å². The van der Waals surface area contributed by atoms with Crippen molar-refractivity contribution >= 4 is 50.9 Å². The van der Waals surface area contributed by atoms with Gasteiger partial charge in [-0.25, -0.2) is 15.1 Å². The molecule has 36 heavy (non-hydrogen) atoms. The molecular formula is C28H24BrN7. The summed E-state index contributed by atoms with van der Waals surface area (Å²) in [6.45, 7) is 6.99. The fourth-order valence-electron chi connectivity index (χ4n) is 4.94. The number of benzene rings is 2. The number of nitrogens with one attached hydrogen (secondary N) is 1. The predicted octanol–water partition coefficient (Wildman–Crippen LogP) is 6.01. The van der Waals surface area contributed by atoms with Crippen LogP contribution in [0.3, 0.4) is 0 Å². The molecule has 6 rings (SSSR count). The van der Waals surface area contributed by atoms with E-state index in [1.807, 2.05) is 13.0 Å². The molecule has 0 spiro atoms. The van der Waals surface area contributed by atoms with Crippen molar-refractivity contribution in [2.45, 2.75) is 33.7 Å². The van der Waals surface area contributed by atoms with Crippen LogP contribution in [0.1, 0.15) is 57.6 Å². The first-order valence-corrected chi connectivity index (χ1v) is 12.7. The Labute approximate surface area is 217 Å². The summed E-state index contributed by atoms with van der Waals surface area (Å²) in [4.78, 5) is 9.76.